The van der Waals surface area contributed by atoms with Gasteiger partial charge in [-0.15, -0.1) is 0 Å². The Balaban J connectivity index is 1.75. The summed E-state index contributed by atoms with van der Waals surface area (Å²) in [4.78, 5) is 31.4. The Hall–Kier alpha value is -2.90. The Morgan fingerprint density at radius 2 is 2.24 bits per heavy atom. The highest BCUT2D eigenvalue weighted by molar-refractivity contribution is 5.75. The molecule has 0 unspecified atom stereocenters. The van der Waals surface area contributed by atoms with Crippen molar-refractivity contribution in [1.29, 1.82) is 0 Å². The number of H-pyrrole nitrogens is 1. The first-order valence-corrected chi connectivity index (χ1v) is 7.88. The number of aromatic nitrogens is 2. The van der Waals surface area contributed by atoms with Gasteiger partial charge < -0.3 is 14.2 Å². The molecule has 1 aliphatic heterocycles. The maximum atomic E-state index is 14.3. The number of amides is 1. The molecule has 0 spiro atoms. The molecule has 0 saturated heterocycles. The number of nitrogens with one attached hydrogen (secondary N) is 1. The van der Waals surface area contributed by atoms with Gasteiger partial charge in [0.05, 0.1) is 13.2 Å². The summed E-state index contributed by atoms with van der Waals surface area (Å²) in [5, 5.41) is 0.276. The minimum Gasteiger partial charge on any atom is -0.493 e. The predicted octanol–water partition coefficient (Wildman–Crippen LogP) is 0.286. The summed E-state index contributed by atoms with van der Waals surface area (Å²) in [5.74, 6) is -0.126. The number of fused-ring (bicyclic) bond motifs is 2. The summed E-state index contributed by atoms with van der Waals surface area (Å²) in [6, 6.07) is 2.96. The molecule has 3 rings (SSSR count). The highest BCUT2D eigenvalue weighted by Crippen LogP contribution is 2.30. The van der Waals surface area contributed by atoms with Gasteiger partial charge in [0.25, 0.3) is 5.56 Å². The number of benzene rings is 1. The first-order chi connectivity index (χ1) is 11.9. The lowest BCUT2D eigenvalue weighted by Crippen LogP contribution is -2.32. The van der Waals surface area contributed by atoms with Crippen LogP contribution in [-0.2, 0) is 11.3 Å². The SMILES string of the molecule is C=c1c(=O)[nH]c2n1Cc1cc(OCCCC(=O)N(C)C)cc(F)c1N=2. The molecular weight excluding hydrogens is 327 g/mol. The average molecular weight is 346 g/mol. The summed E-state index contributed by atoms with van der Waals surface area (Å²) in [6.07, 6.45) is 0.912. The number of rotatable bonds is 5. The van der Waals surface area contributed by atoms with Crippen molar-refractivity contribution in [1.82, 2.24) is 14.5 Å². The number of carbonyl (C=O) groups excluding carboxylic acids is 1. The molecule has 1 aliphatic rings. The normalized spacial score (nSPS) is 12.1. The maximum Gasteiger partial charge on any atom is 0.274 e. The first-order valence-electron chi connectivity index (χ1n) is 7.88. The van der Waals surface area contributed by atoms with Crippen molar-refractivity contribution in [3.63, 3.8) is 0 Å². The van der Waals surface area contributed by atoms with Gasteiger partial charge in [-0.3, -0.25) is 14.6 Å². The fourth-order valence-corrected chi connectivity index (χ4v) is 2.62. The molecule has 0 saturated carbocycles. The predicted molar refractivity (Wildman–Crippen MR) is 89.9 cm³/mol. The average Bonchev–Trinajstić information content (AvgIpc) is 2.84. The van der Waals surface area contributed by atoms with Gasteiger partial charge in [-0.25, -0.2) is 9.38 Å². The molecule has 0 radical (unpaired) electrons. The molecule has 7 nitrogen and oxygen atoms in total. The Morgan fingerprint density at radius 1 is 1.48 bits per heavy atom. The van der Waals surface area contributed by atoms with Gasteiger partial charge >= 0.3 is 0 Å². The van der Waals surface area contributed by atoms with E-state index in [0.29, 0.717) is 37.3 Å². The molecule has 2 aromatic rings. The van der Waals surface area contributed by atoms with Crippen molar-refractivity contribution in [3.8, 4) is 5.75 Å². The molecule has 1 N–H and O–H groups in total. The van der Waals surface area contributed by atoms with Crippen LogP contribution in [0.4, 0.5) is 10.1 Å². The summed E-state index contributed by atoms with van der Waals surface area (Å²) in [7, 11) is 3.39. The standard InChI is InChI=1S/C17H19FN4O3/c1-10-16(24)20-17-19-15-11(9-22(10)17)7-12(8-13(15)18)25-6-4-5-14(23)21(2)3/h7-8H,1,4-6,9H2,2-3H3,(H,19,20,24). The fourth-order valence-electron chi connectivity index (χ4n) is 2.62. The van der Waals surface area contributed by atoms with Crippen molar-refractivity contribution in [3.05, 3.63) is 44.8 Å². The minimum absolute atomic E-state index is 0.0202. The van der Waals surface area contributed by atoms with Crippen LogP contribution in [0.15, 0.2) is 21.9 Å². The van der Waals surface area contributed by atoms with Crippen molar-refractivity contribution >= 4 is 18.2 Å². The van der Waals surface area contributed by atoms with Crippen molar-refractivity contribution in [2.75, 3.05) is 20.7 Å². The summed E-state index contributed by atoms with van der Waals surface area (Å²) in [6.45, 7) is 4.30. The van der Waals surface area contributed by atoms with Crippen LogP contribution in [0.3, 0.4) is 0 Å². The van der Waals surface area contributed by atoms with Crippen LogP contribution in [0, 0.1) is 5.82 Å². The number of carbonyl (C=O) groups is 1. The van der Waals surface area contributed by atoms with Crippen LogP contribution in [0.5, 0.6) is 5.75 Å². The molecule has 0 fully saturated rings. The number of hydrogen-bond donors (Lipinski definition) is 1. The number of ether oxygens (including phenoxy) is 1. The number of aromatic amines is 1. The van der Waals surface area contributed by atoms with Crippen LogP contribution < -0.4 is 21.3 Å². The van der Waals surface area contributed by atoms with E-state index in [2.05, 4.69) is 16.6 Å². The molecule has 132 valence electrons. The summed E-state index contributed by atoms with van der Waals surface area (Å²) in [5.41, 5.74) is 0.753. The van der Waals surface area contributed by atoms with E-state index in [1.54, 1.807) is 24.7 Å². The van der Waals surface area contributed by atoms with Gasteiger partial charge in [0.15, 0.2) is 5.82 Å². The van der Waals surface area contributed by atoms with Crippen molar-refractivity contribution < 1.29 is 13.9 Å². The lowest BCUT2D eigenvalue weighted by Gasteiger charge is -2.15. The van der Waals surface area contributed by atoms with E-state index in [4.69, 9.17) is 4.74 Å². The highest BCUT2D eigenvalue weighted by Gasteiger charge is 2.18. The summed E-state index contributed by atoms with van der Waals surface area (Å²) < 4.78 is 21.5. The largest absolute Gasteiger partial charge is 0.493 e. The molecule has 1 aromatic heterocycles. The topological polar surface area (TPSA) is 79.7 Å². The van der Waals surface area contributed by atoms with Gasteiger partial charge in [0.1, 0.15) is 16.8 Å². The maximum absolute atomic E-state index is 14.3. The van der Waals surface area contributed by atoms with Crippen LogP contribution in [-0.4, -0.2) is 41.1 Å². The first kappa shape index (κ1) is 16.9. The summed E-state index contributed by atoms with van der Waals surface area (Å²) >= 11 is 0. The van der Waals surface area contributed by atoms with Crippen LogP contribution in [0.1, 0.15) is 18.4 Å². The molecule has 0 bridgehead atoms. The van der Waals surface area contributed by atoms with Crippen LogP contribution >= 0.6 is 0 Å². The van der Waals surface area contributed by atoms with E-state index in [9.17, 15) is 14.0 Å². The zero-order valence-electron chi connectivity index (χ0n) is 14.1. The van der Waals surface area contributed by atoms with Gasteiger partial charge in [-0.1, -0.05) is 6.58 Å². The zero-order chi connectivity index (χ0) is 18.1. The second kappa shape index (κ2) is 6.54. The van der Waals surface area contributed by atoms with E-state index >= 15 is 0 Å². The van der Waals surface area contributed by atoms with E-state index in [1.807, 2.05) is 0 Å². The molecule has 8 heteroatoms. The van der Waals surface area contributed by atoms with E-state index in [-0.39, 0.29) is 28.1 Å². The van der Waals surface area contributed by atoms with Crippen molar-refractivity contribution in [2.45, 2.75) is 19.4 Å². The zero-order valence-corrected chi connectivity index (χ0v) is 14.1. The number of nitrogens with zero attached hydrogens (tertiary/aromatic N) is 3. The number of hydrogen-bond acceptors (Lipinski definition) is 4. The van der Waals surface area contributed by atoms with E-state index < -0.39 is 5.82 Å². The van der Waals surface area contributed by atoms with Gasteiger partial charge in [0.2, 0.25) is 11.5 Å². The van der Waals surface area contributed by atoms with E-state index in [0.717, 1.165) is 0 Å². The second-order valence-corrected chi connectivity index (χ2v) is 6.08. The quantitative estimate of drug-likeness (QED) is 0.674. The lowest BCUT2D eigenvalue weighted by molar-refractivity contribution is -0.128. The van der Waals surface area contributed by atoms with Crippen LogP contribution in [0.25, 0.3) is 6.58 Å². The number of halogens is 1. The third-order valence-corrected chi connectivity index (χ3v) is 4.03. The number of imidazole rings is 1. The molecule has 1 amide bonds. The fraction of sp³-hybridized carbons (Fsp3) is 0.353. The Labute approximate surface area is 143 Å². The van der Waals surface area contributed by atoms with E-state index in [1.165, 1.54) is 11.0 Å². The second-order valence-electron chi connectivity index (χ2n) is 6.08. The minimum atomic E-state index is -0.518. The Kier molecular flexibility index (Phi) is 4.43. The van der Waals surface area contributed by atoms with Gasteiger partial charge in [-0.05, 0) is 12.5 Å². The Bertz CT molecular complexity index is 991. The van der Waals surface area contributed by atoms with Gasteiger partial charge in [-0.2, -0.15) is 0 Å². The monoisotopic (exact) mass is 346 g/mol. The smallest absolute Gasteiger partial charge is 0.274 e. The van der Waals surface area contributed by atoms with Crippen molar-refractivity contribution in [2.24, 2.45) is 4.99 Å². The Morgan fingerprint density at radius 3 is 2.96 bits per heavy atom. The molecule has 0 atom stereocenters. The molecular formula is C17H19FN4O3. The highest BCUT2D eigenvalue weighted by atomic mass is 19.1. The third kappa shape index (κ3) is 3.33. The van der Waals surface area contributed by atoms with Crippen LogP contribution in [0.2, 0.25) is 0 Å². The molecule has 25 heavy (non-hydrogen) atoms. The third-order valence-electron chi connectivity index (χ3n) is 4.03. The lowest BCUT2D eigenvalue weighted by atomic mass is 10.1. The molecule has 0 aliphatic carbocycles. The van der Waals surface area contributed by atoms with Gasteiger partial charge in [0, 0.05) is 32.1 Å². The molecule has 2 heterocycles. The molecule has 1 aromatic carbocycles.